The monoisotopic (exact) mass is 344 g/mol. The van der Waals surface area contributed by atoms with E-state index in [2.05, 4.69) is 66.0 Å². The summed E-state index contributed by atoms with van der Waals surface area (Å²) in [7, 11) is 0. The SMILES string of the molecule is CCNC(=NCCCC(=O)NC1CC1)NC(C)c1ccc(CC)cc1. The van der Waals surface area contributed by atoms with Crippen LogP contribution in [0.4, 0.5) is 0 Å². The van der Waals surface area contributed by atoms with Crippen LogP contribution >= 0.6 is 0 Å². The normalized spacial score (nSPS) is 15.6. The van der Waals surface area contributed by atoms with Gasteiger partial charge in [-0.05, 0) is 50.7 Å². The summed E-state index contributed by atoms with van der Waals surface area (Å²) in [5, 5.41) is 9.73. The van der Waals surface area contributed by atoms with Gasteiger partial charge >= 0.3 is 0 Å². The molecular formula is C20H32N4O. The number of amides is 1. The van der Waals surface area contributed by atoms with Gasteiger partial charge in [-0.25, -0.2) is 0 Å². The van der Waals surface area contributed by atoms with E-state index in [1.807, 2.05) is 0 Å². The Kier molecular flexibility index (Phi) is 7.76. The van der Waals surface area contributed by atoms with Crippen LogP contribution in [-0.4, -0.2) is 31.0 Å². The molecule has 1 unspecified atom stereocenters. The van der Waals surface area contributed by atoms with Crippen LogP contribution in [0.1, 0.15) is 63.6 Å². The molecule has 1 saturated carbocycles. The Hall–Kier alpha value is -2.04. The highest BCUT2D eigenvalue weighted by Gasteiger charge is 2.22. The summed E-state index contributed by atoms with van der Waals surface area (Å²) in [6, 6.07) is 9.31. The Morgan fingerprint density at radius 1 is 1.24 bits per heavy atom. The zero-order valence-electron chi connectivity index (χ0n) is 15.8. The molecule has 0 aromatic heterocycles. The van der Waals surface area contributed by atoms with Gasteiger partial charge in [-0.1, -0.05) is 31.2 Å². The van der Waals surface area contributed by atoms with Gasteiger partial charge in [0.2, 0.25) is 5.91 Å². The lowest BCUT2D eigenvalue weighted by molar-refractivity contribution is -0.121. The number of nitrogens with zero attached hydrogens (tertiary/aromatic N) is 1. The predicted octanol–water partition coefficient (Wildman–Crippen LogP) is 2.92. The Labute approximate surface area is 151 Å². The molecule has 138 valence electrons. The number of carbonyl (C=O) groups excluding carboxylic acids is 1. The molecule has 1 aliphatic carbocycles. The van der Waals surface area contributed by atoms with Crippen molar-refractivity contribution in [2.45, 2.75) is 65.0 Å². The predicted molar refractivity (Wildman–Crippen MR) is 104 cm³/mol. The number of rotatable bonds is 9. The van der Waals surface area contributed by atoms with Crippen LogP contribution in [0.5, 0.6) is 0 Å². The average Bonchev–Trinajstić information content (AvgIpc) is 3.42. The van der Waals surface area contributed by atoms with E-state index in [4.69, 9.17) is 0 Å². The summed E-state index contributed by atoms with van der Waals surface area (Å²) in [6.45, 7) is 7.82. The fourth-order valence-electron chi connectivity index (χ4n) is 2.61. The highest BCUT2D eigenvalue weighted by atomic mass is 16.1. The molecule has 3 N–H and O–H groups in total. The molecule has 0 saturated heterocycles. The number of benzene rings is 1. The second-order valence-electron chi connectivity index (χ2n) is 6.67. The lowest BCUT2D eigenvalue weighted by Crippen LogP contribution is -2.38. The molecule has 0 bridgehead atoms. The molecule has 0 heterocycles. The molecule has 5 nitrogen and oxygen atoms in total. The fraction of sp³-hybridized carbons (Fsp3) is 0.600. The van der Waals surface area contributed by atoms with E-state index in [1.165, 1.54) is 11.1 Å². The van der Waals surface area contributed by atoms with E-state index in [9.17, 15) is 4.79 Å². The molecule has 25 heavy (non-hydrogen) atoms. The third kappa shape index (κ3) is 7.16. The number of hydrogen-bond donors (Lipinski definition) is 3. The van der Waals surface area contributed by atoms with Crippen molar-refractivity contribution in [3.8, 4) is 0 Å². The van der Waals surface area contributed by atoms with E-state index in [0.29, 0.717) is 19.0 Å². The highest BCUT2D eigenvalue weighted by Crippen LogP contribution is 2.18. The Bertz CT molecular complexity index is 564. The van der Waals surface area contributed by atoms with Crippen molar-refractivity contribution in [2.75, 3.05) is 13.1 Å². The fourth-order valence-corrected chi connectivity index (χ4v) is 2.61. The number of nitrogens with one attached hydrogen (secondary N) is 3. The van der Waals surface area contributed by atoms with Gasteiger partial charge < -0.3 is 16.0 Å². The number of carbonyl (C=O) groups is 1. The van der Waals surface area contributed by atoms with Crippen molar-refractivity contribution in [3.05, 3.63) is 35.4 Å². The first kappa shape index (κ1) is 19.3. The maximum Gasteiger partial charge on any atom is 0.220 e. The number of hydrogen-bond acceptors (Lipinski definition) is 2. The van der Waals surface area contributed by atoms with Gasteiger partial charge in [0, 0.05) is 25.6 Å². The summed E-state index contributed by atoms with van der Waals surface area (Å²) in [6.07, 6.45) is 4.65. The molecule has 1 aliphatic rings. The first-order valence-electron chi connectivity index (χ1n) is 9.55. The molecule has 1 aromatic carbocycles. The maximum atomic E-state index is 11.7. The third-order valence-electron chi connectivity index (χ3n) is 4.36. The Morgan fingerprint density at radius 3 is 2.56 bits per heavy atom. The van der Waals surface area contributed by atoms with Crippen LogP contribution in [0.2, 0.25) is 0 Å². The minimum absolute atomic E-state index is 0.153. The Morgan fingerprint density at radius 2 is 1.96 bits per heavy atom. The topological polar surface area (TPSA) is 65.5 Å². The van der Waals surface area contributed by atoms with Crippen LogP contribution in [-0.2, 0) is 11.2 Å². The molecule has 1 atom stereocenters. The van der Waals surface area contributed by atoms with Crippen molar-refractivity contribution in [3.63, 3.8) is 0 Å². The maximum absolute atomic E-state index is 11.7. The minimum Gasteiger partial charge on any atom is -0.357 e. The number of aryl methyl sites for hydroxylation is 1. The first-order valence-corrected chi connectivity index (χ1v) is 9.55. The molecule has 0 radical (unpaired) electrons. The van der Waals surface area contributed by atoms with Gasteiger partial charge in [0.25, 0.3) is 0 Å². The quantitative estimate of drug-likeness (QED) is 0.367. The summed E-state index contributed by atoms with van der Waals surface area (Å²) < 4.78 is 0. The summed E-state index contributed by atoms with van der Waals surface area (Å²) in [4.78, 5) is 16.3. The summed E-state index contributed by atoms with van der Waals surface area (Å²) in [5.41, 5.74) is 2.59. The highest BCUT2D eigenvalue weighted by molar-refractivity contribution is 5.80. The van der Waals surface area contributed by atoms with Crippen LogP contribution in [0.3, 0.4) is 0 Å². The van der Waals surface area contributed by atoms with Gasteiger partial charge in [0.05, 0.1) is 6.04 Å². The zero-order valence-corrected chi connectivity index (χ0v) is 15.8. The standard InChI is InChI=1S/C20H32N4O/c1-4-16-8-10-17(11-9-16)15(3)23-20(21-5-2)22-14-6-7-19(25)24-18-12-13-18/h8-11,15,18H,4-7,12-14H2,1-3H3,(H,24,25)(H2,21,22,23). The van der Waals surface area contributed by atoms with Crippen LogP contribution in [0.25, 0.3) is 0 Å². The molecule has 5 heteroatoms. The van der Waals surface area contributed by atoms with Gasteiger partial charge in [0.15, 0.2) is 5.96 Å². The van der Waals surface area contributed by atoms with Crippen LogP contribution in [0, 0.1) is 0 Å². The third-order valence-corrected chi connectivity index (χ3v) is 4.36. The molecular weight excluding hydrogens is 312 g/mol. The molecule has 1 fully saturated rings. The summed E-state index contributed by atoms with van der Waals surface area (Å²) >= 11 is 0. The largest absolute Gasteiger partial charge is 0.357 e. The second kappa shape index (κ2) is 10.1. The zero-order chi connectivity index (χ0) is 18.1. The van der Waals surface area contributed by atoms with E-state index in [-0.39, 0.29) is 11.9 Å². The average molecular weight is 345 g/mol. The first-order chi connectivity index (χ1) is 12.1. The second-order valence-corrected chi connectivity index (χ2v) is 6.67. The van der Waals surface area contributed by atoms with Crippen LogP contribution < -0.4 is 16.0 Å². The lowest BCUT2D eigenvalue weighted by atomic mass is 10.1. The molecule has 0 aliphatic heterocycles. The van der Waals surface area contributed by atoms with Crippen molar-refractivity contribution in [1.82, 2.24) is 16.0 Å². The van der Waals surface area contributed by atoms with Crippen molar-refractivity contribution < 1.29 is 4.79 Å². The van der Waals surface area contributed by atoms with E-state index < -0.39 is 0 Å². The van der Waals surface area contributed by atoms with Crippen molar-refractivity contribution in [1.29, 1.82) is 0 Å². The van der Waals surface area contributed by atoms with Gasteiger partial charge in [-0.2, -0.15) is 0 Å². The van der Waals surface area contributed by atoms with Crippen molar-refractivity contribution >= 4 is 11.9 Å². The number of guanidine groups is 1. The Balaban J connectivity index is 1.79. The van der Waals surface area contributed by atoms with Gasteiger partial charge in [-0.15, -0.1) is 0 Å². The molecule has 2 rings (SSSR count). The summed E-state index contributed by atoms with van der Waals surface area (Å²) in [5.74, 6) is 0.956. The smallest absolute Gasteiger partial charge is 0.220 e. The van der Waals surface area contributed by atoms with E-state index in [1.54, 1.807) is 0 Å². The minimum atomic E-state index is 0.153. The van der Waals surface area contributed by atoms with Gasteiger partial charge in [0.1, 0.15) is 0 Å². The molecule has 0 spiro atoms. The lowest BCUT2D eigenvalue weighted by Gasteiger charge is -2.18. The number of aliphatic imine (C=N–C) groups is 1. The molecule has 1 amide bonds. The van der Waals surface area contributed by atoms with Crippen molar-refractivity contribution in [2.24, 2.45) is 4.99 Å². The van der Waals surface area contributed by atoms with Crippen LogP contribution in [0.15, 0.2) is 29.3 Å². The van der Waals surface area contributed by atoms with E-state index >= 15 is 0 Å². The van der Waals surface area contributed by atoms with E-state index in [0.717, 1.165) is 38.2 Å². The van der Waals surface area contributed by atoms with Gasteiger partial charge in [-0.3, -0.25) is 9.79 Å². The molecule has 1 aromatic rings.